The monoisotopic (exact) mass is 492 g/mol. The van der Waals surface area contributed by atoms with Gasteiger partial charge < -0.3 is 26.0 Å². The van der Waals surface area contributed by atoms with E-state index in [0.29, 0.717) is 37.7 Å². The summed E-state index contributed by atoms with van der Waals surface area (Å²) in [7, 11) is 0. The third-order valence-corrected chi connectivity index (χ3v) is 6.74. The Morgan fingerprint density at radius 1 is 0.971 bits per heavy atom. The lowest BCUT2D eigenvalue weighted by atomic mass is 10.1. The molecule has 3 aromatic rings. The van der Waals surface area contributed by atoms with Crippen molar-refractivity contribution in [3.05, 3.63) is 66.4 Å². The van der Waals surface area contributed by atoms with Crippen LogP contribution in [0.25, 0.3) is 11.3 Å². The number of aliphatic hydroxyl groups excluding tert-OH is 1. The number of amides is 3. The van der Waals surface area contributed by atoms with Gasteiger partial charge in [-0.2, -0.15) is 0 Å². The van der Waals surface area contributed by atoms with Crippen LogP contribution in [0.15, 0.2) is 65.7 Å². The van der Waals surface area contributed by atoms with Crippen molar-refractivity contribution in [2.75, 3.05) is 43.9 Å². The average molecular weight is 493 g/mol. The van der Waals surface area contributed by atoms with Gasteiger partial charge in [0.05, 0.1) is 5.69 Å². The third-order valence-electron chi connectivity index (χ3n) is 5.64. The zero-order valence-electron chi connectivity index (χ0n) is 19.3. The minimum Gasteiger partial charge on any atom is -0.396 e. The van der Waals surface area contributed by atoms with Gasteiger partial charge in [0.1, 0.15) is 0 Å². The van der Waals surface area contributed by atoms with Crippen LogP contribution in [0.5, 0.6) is 0 Å². The van der Waals surface area contributed by atoms with E-state index in [1.807, 2.05) is 30.3 Å². The van der Waals surface area contributed by atoms with Gasteiger partial charge in [0.15, 0.2) is 0 Å². The fraction of sp³-hybridized carbons (Fsp3) is 0.280. The van der Waals surface area contributed by atoms with Gasteiger partial charge in [0, 0.05) is 66.4 Å². The minimum absolute atomic E-state index is 0.0723. The number of thioether (sulfide) groups is 1. The summed E-state index contributed by atoms with van der Waals surface area (Å²) in [6.07, 6.45) is 2.48. The number of nitrogens with two attached hydrogens (primary N) is 1. The highest BCUT2D eigenvalue weighted by molar-refractivity contribution is 7.99. The normalized spacial score (nSPS) is 13.5. The second-order valence-electron chi connectivity index (χ2n) is 8.04. The molecular formula is C25H28N6O3S. The molecule has 10 heteroatoms. The largest absolute Gasteiger partial charge is 0.396 e. The standard InChI is InChI=1S/C25H28N6O3S/c26-24(34)31-14-12-30(13-15-31)23(33)19-2-6-20(7-3-19)28-25-27-11-10-22(29-25)18-4-8-21(9-5-18)35-17-1-16-32/h2-11,32H,1,12-17H2,(H2,26,34)(H,27,28,29). The number of carbonyl (C=O) groups is 2. The van der Waals surface area contributed by atoms with Gasteiger partial charge in [-0.3, -0.25) is 4.79 Å². The molecule has 1 aliphatic rings. The summed E-state index contributed by atoms with van der Waals surface area (Å²) in [5.41, 5.74) is 8.44. The van der Waals surface area contributed by atoms with Crippen molar-refractivity contribution >= 4 is 35.3 Å². The van der Waals surface area contributed by atoms with Gasteiger partial charge in [-0.25, -0.2) is 14.8 Å². The summed E-state index contributed by atoms with van der Waals surface area (Å²) in [6.45, 7) is 2.02. The molecule has 0 spiro atoms. The first kappa shape index (κ1) is 24.5. The van der Waals surface area contributed by atoms with Crippen LogP contribution in [-0.4, -0.2) is 75.4 Å². The number of hydrogen-bond donors (Lipinski definition) is 3. The first-order valence-corrected chi connectivity index (χ1v) is 12.4. The zero-order valence-corrected chi connectivity index (χ0v) is 20.1. The molecule has 0 atom stereocenters. The highest BCUT2D eigenvalue weighted by Gasteiger charge is 2.23. The van der Waals surface area contributed by atoms with E-state index >= 15 is 0 Å². The van der Waals surface area contributed by atoms with Crippen molar-refractivity contribution in [3.8, 4) is 11.3 Å². The van der Waals surface area contributed by atoms with E-state index in [4.69, 9.17) is 10.8 Å². The van der Waals surface area contributed by atoms with E-state index in [2.05, 4.69) is 27.4 Å². The van der Waals surface area contributed by atoms with Gasteiger partial charge >= 0.3 is 6.03 Å². The number of aliphatic hydroxyl groups is 1. The number of urea groups is 1. The molecule has 2 aromatic carbocycles. The van der Waals surface area contributed by atoms with E-state index < -0.39 is 6.03 Å². The number of nitrogens with one attached hydrogen (secondary N) is 1. The summed E-state index contributed by atoms with van der Waals surface area (Å²) >= 11 is 1.71. The highest BCUT2D eigenvalue weighted by Crippen LogP contribution is 2.24. The van der Waals surface area contributed by atoms with Crippen molar-refractivity contribution in [1.29, 1.82) is 0 Å². The Kier molecular flexibility index (Phi) is 8.17. The van der Waals surface area contributed by atoms with Crippen LogP contribution in [0.2, 0.25) is 0 Å². The van der Waals surface area contributed by atoms with Gasteiger partial charge in [-0.05, 0) is 48.9 Å². The average Bonchev–Trinajstić information content (AvgIpc) is 2.89. The fourth-order valence-electron chi connectivity index (χ4n) is 3.69. The Bertz CT molecular complexity index is 1150. The number of benzene rings is 2. The molecular weight excluding hydrogens is 464 g/mol. The zero-order chi connectivity index (χ0) is 24.6. The molecule has 1 aliphatic heterocycles. The Morgan fingerprint density at radius 3 is 2.31 bits per heavy atom. The van der Waals surface area contributed by atoms with Gasteiger partial charge in [-0.15, -0.1) is 11.8 Å². The van der Waals surface area contributed by atoms with E-state index in [-0.39, 0.29) is 12.5 Å². The Hall–Kier alpha value is -3.63. The second kappa shape index (κ2) is 11.7. The first-order valence-electron chi connectivity index (χ1n) is 11.4. The van der Waals surface area contributed by atoms with Gasteiger partial charge in [0.25, 0.3) is 5.91 Å². The summed E-state index contributed by atoms with van der Waals surface area (Å²) in [5.74, 6) is 1.27. The predicted octanol–water partition coefficient (Wildman–Crippen LogP) is 3.20. The number of rotatable bonds is 8. The van der Waals surface area contributed by atoms with Crippen LogP contribution >= 0.6 is 11.8 Å². The van der Waals surface area contributed by atoms with Crippen LogP contribution in [0.4, 0.5) is 16.4 Å². The molecule has 0 aliphatic carbocycles. The number of primary amides is 1. The Labute approximate surface area is 208 Å². The van der Waals surface area contributed by atoms with Gasteiger partial charge in [-0.1, -0.05) is 12.1 Å². The summed E-state index contributed by atoms with van der Waals surface area (Å²) in [6, 6.07) is 16.7. The third kappa shape index (κ3) is 6.49. The molecule has 0 unspecified atom stereocenters. The van der Waals surface area contributed by atoms with Crippen molar-refractivity contribution in [3.63, 3.8) is 0 Å². The number of anilines is 2. The van der Waals surface area contributed by atoms with Crippen molar-refractivity contribution in [2.24, 2.45) is 5.73 Å². The number of nitrogens with zero attached hydrogens (tertiary/aromatic N) is 4. The SMILES string of the molecule is NC(=O)N1CCN(C(=O)c2ccc(Nc3nccc(-c4ccc(SCCCO)cc4)n3)cc2)CC1. The molecule has 3 amide bonds. The molecule has 0 bridgehead atoms. The number of piperazine rings is 1. The lowest BCUT2D eigenvalue weighted by Crippen LogP contribution is -2.52. The second-order valence-corrected chi connectivity index (χ2v) is 9.20. The van der Waals surface area contributed by atoms with Crippen LogP contribution in [-0.2, 0) is 0 Å². The van der Waals surface area contributed by atoms with Crippen LogP contribution < -0.4 is 11.1 Å². The van der Waals surface area contributed by atoms with Crippen LogP contribution in [0, 0.1) is 0 Å². The van der Waals surface area contributed by atoms with Crippen LogP contribution in [0.1, 0.15) is 16.8 Å². The lowest BCUT2D eigenvalue weighted by molar-refractivity contribution is 0.0669. The maximum atomic E-state index is 12.8. The van der Waals surface area contributed by atoms with Crippen molar-refractivity contribution in [2.45, 2.75) is 11.3 Å². The molecule has 1 aromatic heterocycles. The van der Waals surface area contributed by atoms with Crippen molar-refractivity contribution in [1.82, 2.24) is 19.8 Å². The Balaban J connectivity index is 1.36. The molecule has 0 radical (unpaired) electrons. The first-order chi connectivity index (χ1) is 17.0. The summed E-state index contributed by atoms with van der Waals surface area (Å²) in [4.78, 5) is 37.4. The maximum absolute atomic E-state index is 12.8. The molecule has 4 rings (SSSR count). The Morgan fingerprint density at radius 2 is 1.66 bits per heavy atom. The van der Waals surface area contributed by atoms with E-state index in [9.17, 15) is 9.59 Å². The topological polar surface area (TPSA) is 125 Å². The van der Waals surface area contributed by atoms with E-state index in [1.165, 1.54) is 4.90 Å². The molecule has 1 fully saturated rings. The van der Waals surface area contributed by atoms with E-state index in [0.717, 1.165) is 34.0 Å². The number of aromatic nitrogens is 2. The maximum Gasteiger partial charge on any atom is 0.314 e. The molecule has 0 saturated carbocycles. The molecule has 4 N–H and O–H groups in total. The number of carbonyl (C=O) groups excluding carboxylic acids is 2. The van der Waals surface area contributed by atoms with Gasteiger partial charge in [0.2, 0.25) is 5.95 Å². The molecule has 2 heterocycles. The molecule has 35 heavy (non-hydrogen) atoms. The van der Waals surface area contributed by atoms with Crippen LogP contribution in [0.3, 0.4) is 0 Å². The summed E-state index contributed by atoms with van der Waals surface area (Å²) < 4.78 is 0. The minimum atomic E-state index is -0.455. The smallest absolute Gasteiger partial charge is 0.314 e. The lowest BCUT2D eigenvalue weighted by Gasteiger charge is -2.33. The predicted molar refractivity (Wildman–Crippen MR) is 137 cm³/mol. The summed E-state index contributed by atoms with van der Waals surface area (Å²) in [5, 5.41) is 12.1. The van der Waals surface area contributed by atoms with E-state index in [1.54, 1.807) is 35.0 Å². The molecule has 1 saturated heterocycles. The quantitative estimate of drug-likeness (QED) is 0.326. The van der Waals surface area contributed by atoms with Crippen molar-refractivity contribution < 1.29 is 14.7 Å². The number of hydrogen-bond acceptors (Lipinski definition) is 7. The molecule has 9 nitrogen and oxygen atoms in total. The highest BCUT2D eigenvalue weighted by atomic mass is 32.2. The fourth-order valence-corrected chi connectivity index (χ4v) is 4.53. The molecule has 182 valence electrons.